The second-order valence-electron chi connectivity index (χ2n) is 7.55. The summed E-state index contributed by atoms with van der Waals surface area (Å²) >= 11 is 0. The van der Waals surface area contributed by atoms with Gasteiger partial charge in [0, 0.05) is 17.5 Å². The van der Waals surface area contributed by atoms with Gasteiger partial charge in [0.2, 0.25) is 0 Å². The largest absolute Gasteiger partial charge is 0.397 e. The number of nitrogen functional groups attached to an aromatic ring is 1. The van der Waals surface area contributed by atoms with Gasteiger partial charge in [-0.3, -0.25) is 9.78 Å². The Morgan fingerprint density at radius 1 is 1.17 bits per heavy atom. The molecule has 1 saturated carbocycles. The number of pyridine rings is 2. The number of benzene rings is 1. The topological polar surface area (TPSA) is 145 Å². The number of aromatic nitrogens is 2. The fraction of sp³-hybridized carbons (Fsp3) is 0.286. The van der Waals surface area contributed by atoms with Gasteiger partial charge in [-0.1, -0.05) is 25.0 Å². The van der Waals surface area contributed by atoms with Crippen LogP contribution in [0.25, 0.3) is 10.9 Å². The monoisotopic (exact) mass is 409 g/mol. The highest BCUT2D eigenvalue weighted by Gasteiger charge is 2.24. The SMILES string of the molecule is NC(=O)c1cc(F)c(NC2CCCCC2N)nc1Nc1cnc2c(N)cccc2c1. The molecule has 1 aliphatic carbocycles. The highest BCUT2D eigenvalue weighted by molar-refractivity contribution is 5.99. The van der Waals surface area contributed by atoms with Crippen LogP contribution in [0.3, 0.4) is 0 Å². The molecule has 30 heavy (non-hydrogen) atoms. The van der Waals surface area contributed by atoms with Crippen molar-refractivity contribution >= 4 is 39.8 Å². The third-order valence-electron chi connectivity index (χ3n) is 5.39. The molecule has 2 heterocycles. The maximum Gasteiger partial charge on any atom is 0.252 e. The third-order valence-corrected chi connectivity index (χ3v) is 5.39. The molecule has 0 aliphatic heterocycles. The van der Waals surface area contributed by atoms with Crippen LogP contribution in [-0.4, -0.2) is 28.0 Å². The summed E-state index contributed by atoms with van der Waals surface area (Å²) < 4.78 is 14.6. The number of carbonyl (C=O) groups is 1. The lowest BCUT2D eigenvalue weighted by Crippen LogP contribution is -2.43. The zero-order chi connectivity index (χ0) is 21.3. The van der Waals surface area contributed by atoms with E-state index < -0.39 is 11.7 Å². The molecule has 0 saturated heterocycles. The zero-order valence-electron chi connectivity index (χ0n) is 16.4. The molecule has 0 bridgehead atoms. The van der Waals surface area contributed by atoms with Gasteiger partial charge in [0.05, 0.1) is 28.7 Å². The summed E-state index contributed by atoms with van der Waals surface area (Å²) in [5.74, 6) is -1.27. The minimum absolute atomic E-state index is 0.0304. The number of carbonyl (C=O) groups excluding carboxylic acids is 1. The zero-order valence-corrected chi connectivity index (χ0v) is 16.4. The van der Waals surface area contributed by atoms with Crippen LogP contribution in [0.5, 0.6) is 0 Å². The molecule has 1 fully saturated rings. The van der Waals surface area contributed by atoms with Crippen molar-refractivity contribution in [1.82, 2.24) is 9.97 Å². The summed E-state index contributed by atoms with van der Waals surface area (Å²) in [6.45, 7) is 0. The lowest BCUT2D eigenvalue weighted by atomic mass is 9.91. The van der Waals surface area contributed by atoms with Crippen molar-refractivity contribution in [2.75, 3.05) is 16.4 Å². The number of hydrogen-bond donors (Lipinski definition) is 5. The van der Waals surface area contributed by atoms with Gasteiger partial charge < -0.3 is 27.8 Å². The molecule has 9 heteroatoms. The molecule has 0 spiro atoms. The van der Waals surface area contributed by atoms with Crippen LogP contribution < -0.4 is 27.8 Å². The van der Waals surface area contributed by atoms with Gasteiger partial charge in [-0.05, 0) is 31.0 Å². The van der Waals surface area contributed by atoms with E-state index in [-0.39, 0.29) is 29.3 Å². The molecule has 1 aliphatic rings. The van der Waals surface area contributed by atoms with E-state index in [1.807, 2.05) is 18.2 Å². The highest BCUT2D eigenvalue weighted by atomic mass is 19.1. The van der Waals surface area contributed by atoms with Gasteiger partial charge in [-0.25, -0.2) is 9.37 Å². The quantitative estimate of drug-likeness (QED) is 0.407. The van der Waals surface area contributed by atoms with Crippen LogP contribution in [0.1, 0.15) is 36.0 Å². The van der Waals surface area contributed by atoms with E-state index >= 15 is 0 Å². The Bertz CT molecular complexity index is 1100. The van der Waals surface area contributed by atoms with E-state index in [1.165, 1.54) is 0 Å². The molecule has 8 N–H and O–H groups in total. The Morgan fingerprint density at radius 2 is 1.97 bits per heavy atom. The molecule has 3 aromatic rings. The smallest absolute Gasteiger partial charge is 0.252 e. The number of anilines is 4. The highest BCUT2D eigenvalue weighted by Crippen LogP contribution is 2.28. The standard InChI is InChI=1S/C21H24FN7O/c22-14-9-13(19(25)30)20(29-21(14)28-17-7-2-1-5-15(17)23)27-12-8-11-4-3-6-16(24)18(11)26-10-12/h3-4,6,8-10,15,17H,1-2,5,7,23-24H2,(H2,25,30)(H2,27,28,29). The molecule has 1 amide bonds. The fourth-order valence-electron chi connectivity index (χ4n) is 3.78. The van der Waals surface area contributed by atoms with E-state index in [0.29, 0.717) is 16.9 Å². The van der Waals surface area contributed by atoms with Gasteiger partial charge in [0.1, 0.15) is 5.82 Å². The lowest BCUT2D eigenvalue weighted by Gasteiger charge is -2.30. The summed E-state index contributed by atoms with van der Waals surface area (Å²) in [4.78, 5) is 20.5. The third kappa shape index (κ3) is 3.97. The summed E-state index contributed by atoms with van der Waals surface area (Å²) in [6.07, 6.45) is 5.35. The molecule has 2 atom stereocenters. The molecule has 4 rings (SSSR count). The van der Waals surface area contributed by atoms with Gasteiger partial charge in [0.25, 0.3) is 5.91 Å². The maximum atomic E-state index is 14.6. The van der Waals surface area contributed by atoms with Crippen LogP contribution in [0.15, 0.2) is 36.5 Å². The van der Waals surface area contributed by atoms with E-state index in [2.05, 4.69) is 20.6 Å². The summed E-state index contributed by atoms with van der Waals surface area (Å²) in [7, 11) is 0. The van der Waals surface area contributed by atoms with Gasteiger partial charge >= 0.3 is 0 Å². The first-order valence-electron chi connectivity index (χ1n) is 9.86. The van der Waals surface area contributed by atoms with E-state index in [0.717, 1.165) is 37.1 Å². The molecule has 0 radical (unpaired) electrons. The van der Waals surface area contributed by atoms with Crippen molar-refractivity contribution in [3.05, 3.63) is 47.9 Å². The molecule has 2 aromatic heterocycles. The summed E-state index contributed by atoms with van der Waals surface area (Å²) in [5, 5.41) is 6.94. The van der Waals surface area contributed by atoms with Crippen molar-refractivity contribution in [2.24, 2.45) is 11.5 Å². The number of hydrogen-bond acceptors (Lipinski definition) is 7. The Hall–Kier alpha value is -3.46. The van der Waals surface area contributed by atoms with E-state index in [1.54, 1.807) is 12.3 Å². The van der Waals surface area contributed by atoms with Crippen LogP contribution in [0, 0.1) is 5.82 Å². The molecular weight excluding hydrogens is 385 g/mol. The predicted molar refractivity (Wildman–Crippen MR) is 116 cm³/mol. The Labute approximate surface area is 173 Å². The van der Waals surface area contributed by atoms with Gasteiger partial charge in [-0.15, -0.1) is 0 Å². The second kappa shape index (κ2) is 8.11. The minimum Gasteiger partial charge on any atom is -0.397 e. The fourth-order valence-corrected chi connectivity index (χ4v) is 3.78. The van der Waals surface area contributed by atoms with Gasteiger partial charge in [0.15, 0.2) is 11.6 Å². The van der Waals surface area contributed by atoms with Crippen LogP contribution >= 0.6 is 0 Å². The number of fused-ring (bicyclic) bond motifs is 1. The summed E-state index contributed by atoms with van der Waals surface area (Å²) in [5.41, 5.74) is 19.3. The Balaban J connectivity index is 1.68. The number of rotatable bonds is 5. The van der Waals surface area contributed by atoms with Crippen molar-refractivity contribution in [3.8, 4) is 0 Å². The first-order chi connectivity index (χ1) is 14.4. The maximum absolute atomic E-state index is 14.6. The number of halogens is 1. The van der Waals surface area contributed by atoms with Crippen LogP contribution in [0.4, 0.5) is 27.4 Å². The van der Waals surface area contributed by atoms with Crippen molar-refractivity contribution in [1.29, 1.82) is 0 Å². The average Bonchev–Trinajstić information content (AvgIpc) is 2.72. The van der Waals surface area contributed by atoms with Gasteiger partial charge in [-0.2, -0.15) is 0 Å². The van der Waals surface area contributed by atoms with Crippen molar-refractivity contribution in [3.63, 3.8) is 0 Å². The first-order valence-corrected chi connectivity index (χ1v) is 9.86. The number of nitrogens with zero attached hydrogens (tertiary/aromatic N) is 2. The molecular formula is C21H24FN7O. The molecule has 8 nitrogen and oxygen atoms in total. The van der Waals surface area contributed by atoms with Crippen molar-refractivity contribution < 1.29 is 9.18 Å². The normalized spacial score (nSPS) is 18.9. The average molecular weight is 409 g/mol. The first kappa shape index (κ1) is 19.8. The number of primary amides is 1. The Kier molecular flexibility index (Phi) is 5.37. The van der Waals surface area contributed by atoms with Crippen molar-refractivity contribution in [2.45, 2.75) is 37.8 Å². The van der Waals surface area contributed by atoms with E-state index in [9.17, 15) is 9.18 Å². The van der Waals surface area contributed by atoms with Crippen LogP contribution in [0.2, 0.25) is 0 Å². The van der Waals surface area contributed by atoms with Crippen LogP contribution in [-0.2, 0) is 0 Å². The lowest BCUT2D eigenvalue weighted by molar-refractivity contribution is 0.100. The minimum atomic E-state index is -0.789. The number of amides is 1. The number of nitrogens with two attached hydrogens (primary N) is 3. The Morgan fingerprint density at radius 3 is 2.73 bits per heavy atom. The van der Waals surface area contributed by atoms with E-state index in [4.69, 9.17) is 17.2 Å². The number of nitrogens with one attached hydrogen (secondary N) is 2. The molecule has 2 unspecified atom stereocenters. The summed E-state index contributed by atoms with van der Waals surface area (Å²) in [6, 6.07) is 8.20. The predicted octanol–water partition coefficient (Wildman–Crippen LogP) is 2.88. The molecule has 1 aromatic carbocycles. The second-order valence-corrected chi connectivity index (χ2v) is 7.55. The number of para-hydroxylation sites is 1. The molecule has 156 valence electrons.